The highest BCUT2D eigenvalue weighted by molar-refractivity contribution is 9.09. The molecule has 17 heavy (non-hydrogen) atoms. The van der Waals surface area contributed by atoms with Crippen molar-refractivity contribution in [3.8, 4) is 11.5 Å². The number of benzene rings is 1. The topological polar surface area (TPSA) is 18.5 Å². The molecule has 94 valence electrons. The van der Waals surface area contributed by atoms with Gasteiger partial charge in [0.1, 0.15) is 11.5 Å². The van der Waals surface area contributed by atoms with E-state index < -0.39 is 0 Å². The van der Waals surface area contributed by atoms with Crippen LogP contribution < -0.4 is 9.47 Å². The number of hydrogen-bond acceptors (Lipinski definition) is 2. The number of hydrogen-bond donors (Lipinski definition) is 0. The summed E-state index contributed by atoms with van der Waals surface area (Å²) >= 11 is 3.75. The Kier molecular flexibility index (Phi) is 3.97. The van der Waals surface area contributed by atoms with Crippen LogP contribution in [0.3, 0.4) is 0 Å². The van der Waals surface area contributed by atoms with Gasteiger partial charge >= 0.3 is 0 Å². The van der Waals surface area contributed by atoms with Crippen LogP contribution >= 0.6 is 15.9 Å². The molecule has 3 unspecified atom stereocenters. The molecule has 0 bridgehead atoms. The van der Waals surface area contributed by atoms with E-state index in [2.05, 4.69) is 22.9 Å². The molecule has 0 N–H and O–H groups in total. The summed E-state index contributed by atoms with van der Waals surface area (Å²) in [5, 5.41) is 0. The van der Waals surface area contributed by atoms with Crippen LogP contribution in [0.4, 0.5) is 0 Å². The Morgan fingerprint density at radius 3 is 2.12 bits per heavy atom. The fourth-order valence-electron chi connectivity index (χ4n) is 2.77. The maximum atomic E-state index is 5.49. The Morgan fingerprint density at radius 1 is 1.12 bits per heavy atom. The van der Waals surface area contributed by atoms with Crippen molar-refractivity contribution in [1.29, 1.82) is 0 Å². The van der Waals surface area contributed by atoms with Crippen LogP contribution in [-0.4, -0.2) is 19.0 Å². The lowest BCUT2D eigenvalue weighted by Gasteiger charge is -2.22. The molecule has 1 fully saturated rings. The van der Waals surface area contributed by atoms with E-state index in [9.17, 15) is 0 Å². The number of halogens is 1. The summed E-state index contributed by atoms with van der Waals surface area (Å²) in [6.07, 6.45) is 2.40. The molecule has 1 aromatic rings. The molecule has 2 rings (SSSR count). The van der Waals surface area contributed by atoms with Gasteiger partial charge in [0.25, 0.3) is 0 Å². The van der Waals surface area contributed by atoms with Crippen molar-refractivity contribution in [3.05, 3.63) is 23.8 Å². The van der Waals surface area contributed by atoms with E-state index >= 15 is 0 Å². The molecular weight excluding hydrogens is 280 g/mol. The zero-order valence-electron chi connectivity index (χ0n) is 10.6. The molecule has 0 aromatic heterocycles. The normalized spacial score (nSPS) is 28.1. The van der Waals surface area contributed by atoms with Crippen LogP contribution in [0.1, 0.15) is 31.2 Å². The quantitative estimate of drug-likeness (QED) is 0.786. The van der Waals surface area contributed by atoms with Gasteiger partial charge in [-0.2, -0.15) is 0 Å². The maximum Gasteiger partial charge on any atom is 0.126 e. The summed E-state index contributed by atoms with van der Waals surface area (Å²) in [6.45, 7) is 2.29. The Labute approximate surface area is 111 Å². The third-order valence-electron chi connectivity index (χ3n) is 3.80. The Balaban J connectivity index is 2.42. The summed E-state index contributed by atoms with van der Waals surface area (Å²) in [6, 6.07) is 6.02. The first-order valence-corrected chi connectivity index (χ1v) is 6.95. The largest absolute Gasteiger partial charge is 0.496 e. The molecule has 1 saturated carbocycles. The average molecular weight is 299 g/mol. The fourth-order valence-corrected chi connectivity index (χ4v) is 3.40. The van der Waals surface area contributed by atoms with Crippen molar-refractivity contribution < 1.29 is 9.47 Å². The molecule has 1 aromatic carbocycles. The van der Waals surface area contributed by atoms with Crippen LogP contribution in [0, 0.1) is 5.92 Å². The van der Waals surface area contributed by atoms with E-state index in [1.165, 1.54) is 18.4 Å². The molecule has 0 spiro atoms. The minimum absolute atomic E-state index is 0.519. The van der Waals surface area contributed by atoms with Crippen molar-refractivity contribution in [2.75, 3.05) is 14.2 Å². The van der Waals surface area contributed by atoms with Gasteiger partial charge in [0.05, 0.1) is 14.2 Å². The van der Waals surface area contributed by atoms with Crippen molar-refractivity contribution in [2.24, 2.45) is 5.92 Å². The van der Waals surface area contributed by atoms with Gasteiger partial charge < -0.3 is 9.47 Å². The number of rotatable bonds is 3. The Morgan fingerprint density at radius 2 is 1.71 bits per heavy atom. The molecular formula is C14H19BrO2. The third-order valence-corrected chi connectivity index (χ3v) is 5.09. The number of methoxy groups -OCH3 is 2. The second kappa shape index (κ2) is 5.30. The predicted octanol–water partition coefficient (Wildman–Crippen LogP) is 3.98. The van der Waals surface area contributed by atoms with Gasteiger partial charge in [-0.25, -0.2) is 0 Å². The highest BCUT2D eigenvalue weighted by Crippen LogP contribution is 2.48. The van der Waals surface area contributed by atoms with E-state index in [1.807, 2.05) is 18.2 Å². The van der Waals surface area contributed by atoms with Crippen molar-refractivity contribution in [3.63, 3.8) is 0 Å². The highest BCUT2D eigenvalue weighted by atomic mass is 79.9. The van der Waals surface area contributed by atoms with Crippen LogP contribution in [0.2, 0.25) is 0 Å². The van der Waals surface area contributed by atoms with Crippen molar-refractivity contribution in [1.82, 2.24) is 0 Å². The summed E-state index contributed by atoms with van der Waals surface area (Å²) in [5.41, 5.74) is 1.23. The monoisotopic (exact) mass is 298 g/mol. The van der Waals surface area contributed by atoms with Crippen LogP contribution in [0.25, 0.3) is 0 Å². The average Bonchev–Trinajstić information content (AvgIpc) is 2.69. The van der Waals surface area contributed by atoms with Gasteiger partial charge in [0, 0.05) is 10.4 Å². The maximum absolute atomic E-state index is 5.49. The second-order valence-electron chi connectivity index (χ2n) is 4.64. The molecule has 0 saturated heterocycles. The van der Waals surface area contributed by atoms with E-state index in [-0.39, 0.29) is 0 Å². The van der Waals surface area contributed by atoms with E-state index in [0.717, 1.165) is 11.5 Å². The molecule has 0 amide bonds. The lowest BCUT2D eigenvalue weighted by molar-refractivity contribution is 0.371. The summed E-state index contributed by atoms with van der Waals surface area (Å²) in [5.74, 6) is 3.02. The van der Waals surface area contributed by atoms with Gasteiger partial charge in [-0.15, -0.1) is 0 Å². The molecule has 0 aliphatic heterocycles. The first kappa shape index (κ1) is 12.7. The van der Waals surface area contributed by atoms with Crippen LogP contribution in [0.15, 0.2) is 18.2 Å². The van der Waals surface area contributed by atoms with E-state index in [4.69, 9.17) is 9.47 Å². The van der Waals surface area contributed by atoms with Crippen molar-refractivity contribution >= 4 is 15.9 Å². The number of ether oxygens (including phenoxy) is 2. The van der Waals surface area contributed by atoms with Crippen molar-refractivity contribution in [2.45, 2.75) is 30.5 Å². The van der Waals surface area contributed by atoms with Crippen LogP contribution in [0.5, 0.6) is 11.5 Å². The summed E-state index contributed by atoms with van der Waals surface area (Å²) in [7, 11) is 3.45. The molecule has 1 aliphatic carbocycles. The fraction of sp³-hybridized carbons (Fsp3) is 0.571. The van der Waals surface area contributed by atoms with Gasteiger partial charge in [0.2, 0.25) is 0 Å². The highest BCUT2D eigenvalue weighted by Gasteiger charge is 2.35. The molecule has 0 radical (unpaired) electrons. The van der Waals surface area contributed by atoms with Gasteiger partial charge in [-0.05, 0) is 36.8 Å². The molecule has 3 heteroatoms. The molecule has 3 atom stereocenters. The van der Waals surface area contributed by atoms with Crippen LogP contribution in [-0.2, 0) is 0 Å². The first-order valence-electron chi connectivity index (χ1n) is 6.04. The first-order chi connectivity index (χ1) is 8.19. The van der Waals surface area contributed by atoms with Gasteiger partial charge in [-0.1, -0.05) is 28.9 Å². The number of alkyl halides is 1. The second-order valence-corrected chi connectivity index (χ2v) is 5.81. The Hall–Kier alpha value is -0.700. The molecule has 0 heterocycles. The SMILES string of the molecule is COc1cccc(OC)c1C1CCC(Br)C1C. The molecule has 1 aliphatic rings. The Bertz CT molecular complexity index is 370. The lowest BCUT2D eigenvalue weighted by Crippen LogP contribution is -2.11. The predicted molar refractivity (Wildman–Crippen MR) is 73.4 cm³/mol. The summed E-state index contributed by atoms with van der Waals surface area (Å²) in [4.78, 5) is 0.599. The third kappa shape index (κ3) is 2.30. The zero-order chi connectivity index (χ0) is 12.4. The lowest BCUT2D eigenvalue weighted by atomic mass is 9.89. The molecule has 2 nitrogen and oxygen atoms in total. The van der Waals surface area contributed by atoms with E-state index in [0.29, 0.717) is 16.7 Å². The van der Waals surface area contributed by atoms with Gasteiger partial charge in [-0.3, -0.25) is 0 Å². The minimum Gasteiger partial charge on any atom is -0.496 e. The minimum atomic E-state index is 0.519. The smallest absolute Gasteiger partial charge is 0.126 e. The summed E-state index contributed by atoms with van der Waals surface area (Å²) < 4.78 is 11.0. The standard InChI is InChI=1S/C14H19BrO2/c1-9-10(7-8-11(9)15)14-12(16-2)5-4-6-13(14)17-3/h4-6,9-11H,7-8H2,1-3H3. The van der Waals surface area contributed by atoms with Gasteiger partial charge in [0.15, 0.2) is 0 Å². The zero-order valence-corrected chi connectivity index (χ0v) is 12.2. The van der Waals surface area contributed by atoms with E-state index in [1.54, 1.807) is 14.2 Å².